The molecule has 1 N–H and O–H groups in total. The number of hydrogen-bond acceptors (Lipinski definition) is 4. The van der Waals surface area contributed by atoms with Gasteiger partial charge in [-0.15, -0.1) is 0 Å². The van der Waals surface area contributed by atoms with Gasteiger partial charge in [-0.05, 0) is 49.1 Å². The van der Waals surface area contributed by atoms with Crippen LogP contribution in [0.2, 0.25) is 0 Å². The SMILES string of the molecule is CC(C)(C(O)CCc1ccsc1)S(C)(=O)=O. The van der Waals surface area contributed by atoms with Crippen LogP contribution < -0.4 is 0 Å². The van der Waals surface area contributed by atoms with E-state index < -0.39 is 20.7 Å². The Hall–Kier alpha value is -0.390. The average Bonchev–Trinajstić information content (AvgIpc) is 2.64. The Labute approximate surface area is 101 Å². The Balaban J connectivity index is 2.62. The molecule has 3 nitrogen and oxygen atoms in total. The van der Waals surface area contributed by atoms with Gasteiger partial charge in [0.2, 0.25) is 0 Å². The van der Waals surface area contributed by atoms with Gasteiger partial charge in [0.25, 0.3) is 0 Å². The highest BCUT2D eigenvalue weighted by Crippen LogP contribution is 2.23. The van der Waals surface area contributed by atoms with Crippen LogP contribution >= 0.6 is 11.3 Å². The normalized spacial score (nSPS) is 15.0. The number of aliphatic hydroxyl groups excluding tert-OH is 1. The van der Waals surface area contributed by atoms with Gasteiger partial charge in [-0.2, -0.15) is 11.3 Å². The van der Waals surface area contributed by atoms with Crippen molar-refractivity contribution in [1.29, 1.82) is 0 Å². The maximum Gasteiger partial charge on any atom is 0.155 e. The van der Waals surface area contributed by atoms with Crippen molar-refractivity contribution >= 4 is 21.2 Å². The van der Waals surface area contributed by atoms with Crippen LogP contribution in [0.5, 0.6) is 0 Å². The fraction of sp³-hybridized carbons (Fsp3) is 0.636. The van der Waals surface area contributed by atoms with Crippen molar-refractivity contribution in [2.75, 3.05) is 6.26 Å². The molecule has 0 spiro atoms. The van der Waals surface area contributed by atoms with Crippen molar-refractivity contribution in [3.05, 3.63) is 22.4 Å². The zero-order valence-electron chi connectivity index (χ0n) is 9.80. The summed E-state index contributed by atoms with van der Waals surface area (Å²) in [7, 11) is -3.24. The minimum absolute atomic E-state index is 0.469. The Morgan fingerprint density at radius 2 is 2.12 bits per heavy atom. The zero-order chi connectivity index (χ0) is 12.4. The third-order valence-corrected chi connectivity index (χ3v) is 5.96. The Bertz CT molecular complexity index is 418. The molecule has 1 unspecified atom stereocenters. The molecule has 1 aromatic heterocycles. The molecule has 0 aromatic carbocycles. The summed E-state index contributed by atoms with van der Waals surface area (Å²) in [6, 6.07) is 1.99. The Kier molecular flexibility index (Phi) is 4.15. The summed E-state index contributed by atoms with van der Waals surface area (Å²) in [4.78, 5) is 0. The van der Waals surface area contributed by atoms with E-state index in [-0.39, 0.29) is 0 Å². The van der Waals surface area contributed by atoms with Crippen molar-refractivity contribution in [2.24, 2.45) is 0 Å². The summed E-state index contributed by atoms with van der Waals surface area (Å²) in [6.07, 6.45) is 1.52. The predicted octanol–water partition coefficient (Wildman–Crippen LogP) is 1.86. The van der Waals surface area contributed by atoms with E-state index in [9.17, 15) is 13.5 Å². The first-order valence-electron chi connectivity index (χ1n) is 5.14. The standard InChI is InChI=1S/C11H18O3S2/c1-11(2,16(3,13)14)10(12)5-4-9-6-7-15-8-9/h6-8,10,12H,4-5H2,1-3H3. The maximum atomic E-state index is 11.5. The van der Waals surface area contributed by atoms with Crippen molar-refractivity contribution in [2.45, 2.75) is 37.5 Å². The van der Waals surface area contributed by atoms with E-state index in [2.05, 4.69) is 0 Å². The van der Waals surface area contributed by atoms with E-state index in [1.54, 1.807) is 25.2 Å². The van der Waals surface area contributed by atoms with Crippen molar-refractivity contribution in [1.82, 2.24) is 0 Å². The first-order chi connectivity index (χ1) is 7.25. The molecule has 0 fully saturated rings. The lowest BCUT2D eigenvalue weighted by atomic mass is 10.00. The van der Waals surface area contributed by atoms with Gasteiger partial charge < -0.3 is 5.11 Å². The number of aryl methyl sites for hydroxylation is 1. The van der Waals surface area contributed by atoms with Crippen LogP contribution in [0.1, 0.15) is 25.8 Å². The number of aliphatic hydroxyl groups is 1. The lowest BCUT2D eigenvalue weighted by Crippen LogP contribution is -2.43. The van der Waals surface area contributed by atoms with E-state index in [0.29, 0.717) is 12.8 Å². The van der Waals surface area contributed by atoms with Crippen LogP contribution in [0, 0.1) is 0 Å². The molecule has 1 heterocycles. The largest absolute Gasteiger partial charge is 0.391 e. The maximum absolute atomic E-state index is 11.5. The number of thiophene rings is 1. The monoisotopic (exact) mass is 262 g/mol. The topological polar surface area (TPSA) is 54.4 Å². The summed E-state index contributed by atoms with van der Waals surface area (Å²) in [5, 5.41) is 13.9. The van der Waals surface area contributed by atoms with Crippen molar-refractivity contribution in [3.63, 3.8) is 0 Å². The molecule has 0 amide bonds. The zero-order valence-corrected chi connectivity index (χ0v) is 11.4. The van der Waals surface area contributed by atoms with E-state index in [1.165, 1.54) is 6.26 Å². The molecule has 16 heavy (non-hydrogen) atoms. The smallest absolute Gasteiger partial charge is 0.155 e. The highest BCUT2D eigenvalue weighted by Gasteiger charge is 2.37. The summed E-state index contributed by atoms with van der Waals surface area (Å²) >= 11 is 1.60. The molecule has 5 heteroatoms. The second-order valence-corrected chi connectivity index (χ2v) is 7.94. The fourth-order valence-electron chi connectivity index (χ4n) is 1.33. The summed E-state index contributed by atoms with van der Waals surface area (Å²) < 4.78 is 21.9. The molecule has 0 aliphatic rings. The second kappa shape index (κ2) is 4.85. The molecule has 0 aliphatic heterocycles. The van der Waals surface area contributed by atoms with Gasteiger partial charge in [-0.1, -0.05) is 0 Å². The second-order valence-electron chi connectivity index (χ2n) is 4.56. The van der Waals surface area contributed by atoms with Crippen LogP contribution in [-0.4, -0.2) is 30.6 Å². The summed E-state index contributed by atoms with van der Waals surface area (Å²) in [5.74, 6) is 0. The molecule has 1 rings (SSSR count). The van der Waals surface area contributed by atoms with Gasteiger partial charge in [-0.25, -0.2) is 8.42 Å². The third-order valence-electron chi connectivity index (χ3n) is 3.04. The molecule has 0 radical (unpaired) electrons. The summed E-state index contributed by atoms with van der Waals surface area (Å²) in [5.41, 5.74) is 1.15. The van der Waals surface area contributed by atoms with Crippen LogP contribution in [0.4, 0.5) is 0 Å². The quantitative estimate of drug-likeness (QED) is 0.881. The van der Waals surface area contributed by atoms with Gasteiger partial charge in [0.1, 0.15) is 0 Å². The molecule has 1 aromatic rings. The molecular formula is C11H18O3S2. The molecule has 0 saturated heterocycles. The Morgan fingerprint density at radius 3 is 2.56 bits per heavy atom. The van der Waals surface area contributed by atoms with E-state index in [0.717, 1.165) is 5.56 Å². The number of hydrogen-bond donors (Lipinski definition) is 1. The van der Waals surface area contributed by atoms with Crippen LogP contribution in [0.15, 0.2) is 16.8 Å². The molecule has 0 bridgehead atoms. The number of sulfone groups is 1. The lowest BCUT2D eigenvalue weighted by Gasteiger charge is -2.28. The van der Waals surface area contributed by atoms with Gasteiger partial charge in [0.05, 0.1) is 10.9 Å². The van der Waals surface area contributed by atoms with Crippen LogP contribution in [0.25, 0.3) is 0 Å². The first kappa shape index (κ1) is 13.7. The molecule has 92 valence electrons. The molecule has 0 aliphatic carbocycles. The summed E-state index contributed by atoms with van der Waals surface area (Å²) in [6.45, 7) is 3.14. The third kappa shape index (κ3) is 3.06. The van der Waals surface area contributed by atoms with Crippen LogP contribution in [-0.2, 0) is 16.3 Å². The van der Waals surface area contributed by atoms with E-state index >= 15 is 0 Å². The molecule has 0 saturated carbocycles. The van der Waals surface area contributed by atoms with E-state index in [1.807, 2.05) is 16.8 Å². The minimum atomic E-state index is -3.24. The minimum Gasteiger partial charge on any atom is -0.391 e. The lowest BCUT2D eigenvalue weighted by molar-refractivity contribution is 0.128. The van der Waals surface area contributed by atoms with Gasteiger partial charge in [0, 0.05) is 6.26 Å². The highest BCUT2D eigenvalue weighted by molar-refractivity contribution is 7.92. The molecule has 1 atom stereocenters. The van der Waals surface area contributed by atoms with Crippen molar-refractivity contribution in [3.8, 4) is 0 Å². The van der Waals surface area contributed by atoms with Crippen LogP contribution in [0.3, 0.4) is 0 Å². The van der Waals surface area contributed by atoms with Gasteiger partial charge in [-0.3, -0.25) is 0 Å². The first-order valence-corrected chi connectivity index (χ1v) is 7.97. The van der Waals surface area contributed by atoms with E-state index in [4.69, 9.17) is 0 Å². The fourth-order valence-corrected chi connectivity index (χ4v) is 2.65. The predicted molar refractivity (Wildman–Crippen MR) is 67.6 cm³/mol. The van der Waals surface area contributed by atoms with Gasteiger partial charge in [0.15, 0.2) is 9.84 Å². The number of rotatable bonds is 5. The average molecular weight is 262 g/mol. The highest BCUT2D eigenvalue weighted by atomic mass is 32.2. The Morgan fingerprint density at radius 1 is 1.50 bits per heavy atom. The van der Waals surface area contributed by atoms with Crippen molar-refractivity contribution < 1.29 is 13.5 Å². The van der Waals surface area contributed by atoms with Gasteiger partial charge >= 0.3 is 0 Å². The molecular weight excluding hydrogens is 244 g/mol.